The van der Waals surface area contributed by atoms with Crippen LogP contribution in [-0.2, 0) is 9.53 Å². The summed E-state index contributed by atoms with van der Waals surface area (Å²) in [5.74, 6) is -0.287. The van der Waals surface area contributed by atoms with Crippen molar-refractivity contribution in [2.75, 3.05) is 35.7 Å². The Hall–Kier alpha value is -2.86. The van der Waals surface area contributed by atoms with Gasteiger partial charge in [0.1, 0.15) is 6.61 Å². The number of carbonyl (C=O) groups excluding carboxylic acids is 2. The van der Waals surface area contributed by atoms with Crippen LogP contribution in [-0.4, -0.2) is 31.6 Å². The summed E-state index contributed by atoms with van der Waals surface area (Å²) in [6.07, 6.45) is 0. The van der Waals surface area contributed by atoms with Crippen LogP contribution in [0.3, 0.4) is 0 Å². The Morgan fingerprint density at radius 1 is 1.21 bits per heavy atom. The van der Waals surface area contributed by atoms with Gasteiger partial charge in [-0.1, -0.05) is 6.07 Å². The molecular formula is C18H19N3O3. The minimum absolute atomic E-state index is 0.0619. The molecule has 124 valence electrons. The zero-order chi connectivity index (χ0) is 17.1. The van der Waals surface area contributed by atoms with Gasteiger partial charge in [-0.25, -0.2) is 0 Å². The summed E-state index contributed by atoms with van der Waals surface area (Å²) in [4.78, 5) is 25.8. The highest BCUT2D eigenvalue weighted by molar-refractivity contribution is 6.05. The zero-order valence-electron chi connectivity index (χ0n) is 13.4. The Kier molecular flexibility index (Phi) is 4.48. The molecular weight excluding hydrogens is 306 g/mol. The van der Waals surface area contributed by atoms with Gasteiger partial charge < -0.3 is 20.7 Å². The number of nitrogens with one attached hydrogen (secondary N) is 1. The minimum atomic E-state index is -0.225. The fraction of sp³-hybridized carbons (Fsp3) is 0.222. The molecule has 6 nitrogen and oxygen atoms in total. The SMILES string of the molecule is Cc1ccc(C(=O)Nc2ccc(N3CCOCC3=O)cc2)cc1N. The van der Waals surface area contributed by atoms with E-state index in [0.29, 0.717) is 30.1 Å². The number of hydrogen-bond acceptors (Lipinski definition) is 4. The molecule has 1 aliphatic rings. The Labute approximate surface area is 140 Å². The number of carbonyl (C=O) groups is 2. The van der Waals surface area contributed by atoms with Crippen LogP contribution >= 0.6 is 0 Å². The molecule has 24 heavy (non-hydrogen) atoms. The number of ether oxygens (including phenoxy) is 1. The summed E-state index contributed by atoms with van der Waals surface area (Å²) in [6.45, 7) is 3.06. The molecule has 6 heteroatoms. The van der Waals surface area contributed by atoms with Gasteiger partial charge in [0, 0.05) is 29.2 Å². The van der Waals surface area contributed by atoms with Crippen molar-refractivity contribution in [3.63, 3.8) is 0 Å². The molecule has 1 saturated heterocycles. The van der Waals surface area contributed by atoms with E-state index >= 15 is 0 Å². The van der Waals surface area contributed by atoms with Gasteiger partial charge in [-0.3, -0.25) is 9.59 Å². The van der Waals surface area contributed by atoms with Crippen LogP contribution in [0, 0.1) is 6.92 Å². The summed E-state index contributed by atoms with van der Waals surface area (Å²) in [5.41, 5.74) is 9.32. The lowest BCUT2D eigenvalue weighted by Gasteiger charge is -2.26. The summed E-state index contributed by atoms with van der Waals surface area (Å²) in [5, 5.41) is 2.82. The highest BCUT2D eigenvalue weighted by Crippen LogP contribution is 2.20. The molecule has 0 radical (unpaired) electrons. The first-order valence-corrected chi connectivity index (χ1v) is 7.70. The first kappa shape index (κ1) is 16.0. The lowest BCUT2D eigenvalue weighted by Crippen LogP contribution is -2.41. The van der Waals surface area contributed by atoms with Crippen molar-refractivity contribution >= 4 is 28.9 Å². The van der Waals surface area contributed by atoms with Crippen LogP contribution < -0.4 is 16.0 Å². The molecule has 0 unspecified atom stereocenters. The molecule has 0 aliphatic carbocycles. The monoisotopic (exact) mass is 325 g/mol. The second kappa shape index (κ2) is 6.72. The predicted octanol–water partition coefficient (Wildman–Crippen LogP) is 2.19. The third-order valence-electron chi connectivity index (χ3n) is 3.96. The Bertz CT molecular complexity index is 772. The van der Waals surface area contributed by atoms with Gasteiger partial charge in [-0.05, 0) is 48.9 Å². The quantitative estimate of drug-likeness (QED) is 0.847. The van der Waals surface area contributed by atoms with Crippen molar-refractivity contribution in [2.24, 2.45) is 0 Å². The predicted molar refractivity (Wildman–Crippen MR) is 93.2 cm³/mol. The second-order valence-corrected chi connectivity index (χ2v) is 5.67. The van der Waals surface area contributed by atoms with E-state index in [1.807, 2.05) is 25.1 Å². The Balaban J connectivity index is 1.70. The van der Waals surface area contributed by atoms with Crippen LogP contribution in [0.25, 0.3) is 0 Å². The molecule has 0 bridgehead atoms. The van der Waals surface area contributed by atoms with Crippen LogP contribution in [0.1, 0.15) is 15.9 Å². The van der Waals surface area contributed by atoms with Crippen molar-refractivity contribution < 1.29 is 14.3 Å². The highest BCUT2D eigenvalue weighted by atomic mass is 16.5. The zero-order valence-corrected chi connectivity index (χ0v) is 13.4. The number of nitrogen functional groups attached to an aromatic ring is 1. The average Bonchev–Trinajstić information content (AvgIpc) is 2.58. The number of nitrogens with zero attached hydrogens (tertiary/aromatic N) is 1. The van der Waals surface area contributed by atoms with Crippen molar-refractivity contribution in [1.29, 1.82) is 0 Å². The summed E-state index contributed by atoms with van der Waals surface area (Å²) >= 11 is 0. The van der Waals surface area contributed by atoms with E-state index in [0.717, 1.165) is 11.3 Å². The lowest BCUT2D eigenvalue weighted by atomic mass is 10.1. The second-order valence-electron chi connectivity index (χ2n) is 5.67. The van der Waals surface area contributed by atoms with Gasteiger partial charge in [-0.15, -0.1) is 0 Å². The number of aryl methyl sites for hydroxylation is 1. The molecule has 0 atom stereocenters. The standard InChI is InChI=1S/C18H19N3O3/c1-12-2-3-13(10-16(12)19)18(23)20-14-4-6-15(7-5-14)21-8-9-24-11-17(21)22/h2-7,10H,8-9,11,19H2,1H3,(H,20,23). The fourth-order valence-electron chi connectivity index (χ4n) is 2.50. The molecule has 3 N–H and O–H groups in total. The molecule has 0 saturated carbocycles. The van der Waals surface area contributed by atoms with Crippen LogP contribution in [0.4, 0.5) is 17.1 Å². The maximum absolute atomic E-state index is 12.3. The van der Waals surface area contributed by atoms with E-state index in [2.05, 4.69) is 5.32 Å². The molecule has 0 aromatic heterocycles. The third-order valence-corrected chi connectivity index (χ3v) is 3.96. The van der Waals surface area contributed by atoms with Crippen molar-refractivity contribution in [1.82, 2.24) is 0 Å². The lowest BCUT2D eigenvalue weighted by molar-refractivity contribution is -0.125. The Morgan fingerprint density at radius 2 is 1.96 bits per heavy atom. The normalized spacial score (nSPS) is 14.5. The van der Waals surface area contributed by atoms with E-state index in [1.54, 1.807) is 29.2 Å². The van der Waals surface area contributed by atoms with E-state index in [1.165, 1.54) is 0 Å². The maximum atomic E-state index is 12.3. The largest absolute Gasteiger partial charge is 0.398 e. The Morgan fingerprint density at radius 3 is 2.62 bits per heavy atom. The van der Waals surface area contributed by atoms with Crippen LogP contribution in [0.5, 0.6) is 0 Å². The summed E-state index contributed by atoms with van der Waals surface area (Å²) in [6, 6.07) is 12.4. The van der Waals surface area contributed by atoms with E-state index in [9.17, 15) is 9.59 Å². The number of nitrogens with two attached hydrogens (primary N) is 1. The van der Waals surface area contributed by atoms with E-state index in [4.69, 9.17) is 10.5 Å². The van der Waals surface area contributed by atoms with Crippen molar-refractivity contribution in [3.8, 4) is 0 Å². The molecule has 2 aromatic rings. The van der Waals surface area contributed by atoms with Gasteiger partial charge >= 0.3 is 0 Å². The van der Waals surface area contributed by atoms with E-state index in [-0.39, 0.29) is 18.4 Å². The van der Waals surface area contributed by atoms with Crippen molar-refractivity contribution in [3.05, 3.63) is 53.6 Å². The van der Waals surface area contributed by atoms with Crippen LogP contribution in [0.15, 0.2) is 42.5 Å². The maximum Gasteiger partial charge on any atom is 0.255 e. The first-order valence-electron chi connectivity index (χ1n) is 7.70. The summed E-state index contributed by atoms with van der Waals surface area (Å²) < 4.78 is 5.12. The number of amides is 2. The van der Waals surface area contributed by atoms with Gasteiger partial charge in [0.2, 0.25) is 0 Å². The van der Waals surface area contributed by atoms with Gasteiger partial charge in [0.15, 0.2) is 0 Å². The topological polar surface area (TPSA) is 84.7 Å². The first-order chi connectivity index (χ1) is 11.5. The highest BCUT2D eigenvalue weighted by Gasteiger charge is 2.20. The molecule has 2 amide bonds. The minimum Gasteiger partial charge on any atom is -0.398 e. The number of hydrogen-bond donors (Lipinski definition) is 2. The average molecular weight is 325 g/mol. The van der Waals surface area contributed by atoms with E-state index < -0.39 is 0 Å². The number of anilines is 3. The van der Waals surface area contributed by atoms with Gasteiger partial charge in [-0.2, -0.15) is 0 Å². The number of morpholine rings is 1. The molecule has 1 fully saturated rings. The third kappa shape index (κ3) is 3.38. The van der Waals surface area contributed by atoms with Gasteiger partial charge in [0.25, 0.3) is 11.8 Å². The summed E-state index contributed by atoms with van der Waals surface area (Å²) in [7, 11) is 0. The van der Waals surface area contributed by atoms with Crippen molar-refractivity contribution in [2.45, 2.75) is 6.92 Å². The molecule has 0 spiro atoms. The number of rotatable bonds is 3. The molecule has 1 aliphatic heterocycles. The fourth-order valence-corrected chi connectivity index (χ4v) is 2.50. The molecule has 2 aromatic carbocycles. The molecule has 3 rings (SSSR count). The van der Waals surface area contributed by atoms with Crippen LogP contribution in [0.2, 0.25) is 0 Å². The molecule has 1 heterocycles. The number of benzene rings is 2. The smallest absolute Gasteiger partial charge is 0.255 e. The van der Waals surface area contributed by atoms with Gasteiger partial charge in [0.05, 0.1) is 6.61 Å².